The fourth-order valence-electron chi connectivity index (χ4n) is 3.91. The number of likely N-dealkylation sites (tertiary alicyclic amines) is 1. The predicted molar refractivity (Wildman–Crippen MR) is 109 cm³/mol. The summed E-state index contributed by atoms with van der Waals surface area (Å²) in [4.78, 5) is 18.2. The molecule has 2 N–H and O–H groups in total. The van der Waals surface area contributed by atoms with E-state index in [9.17, 15) is 18.0 Å². The number of carbonyl (C=O) groups is 1. The van der Waals surface area contributed by atoms with Crippen molar-refractivity contribution in [2.75, 3.05) is 26.2 Å². The third-order valence-electron chi connectivity index (χ3n) is 5.06. The van der Waals surface area contributed by atoms with Gasteiger partial charge in [-0.25, -0.2) is 4.99 Å². The van der Waals surface area contributed by atoms with E-state index in [0.29, 0.717) is 32.0 Å². The number of aliphatic imine (C=N–C) groups is 1. The maximum atomic E-state index is 13.1. The number of hydrogen-bond acceptors (Lipinski definition) is 3. The molecule has 1 unspecified atom stereocenters. The van der Waals surface area contributed by atoms with E-state index in [1.54, 1.807) is 0 Å². The smallest absolute Gasteiger partial charge is 0.357 e. The van der Waals surface area contributed by atoms with Crippen molar-refractivity contribution < 1.29 is 18.0 Å². The monoisotopic (exact) mass is 514 g/mol. The van der Waals surface area contributed by atoms with Gasteiger partial charge in [-0.05, 0) is 19.8 Å². The zero-order valence-electron chi connectivity index (χ0n) is 16.0. The highest BCUT2D eigenvalue weighted by molar-refractivity contribution is 14.0. The maximum absolute atomic E-state index is 13.1. The van der Waals surface area contributed by atoms with Gasteiger partial charge >= 0.3 is 6.18 Å². The van der Waals surface area contributed by atoms with Crippen LogP contribution in [0.5, 0.6) is 0 Å². The number of guanidine groups is 1. The van der Waals surface area contributed by atoms with Crippen LogP contribution in [-0.4, -0.2) is 52.7 Å². The fraction of sp³-hybridized carbons (Fsp3) is 0.706. The summed E-state index contributed by atoms with van der Waals surface area (Å²) < 4.78 is 40.6. The Morgan fingerprint density at radius 1 is 1.46 bits per heavy atom. The number of nitrogens with zero attached hydrogens (tertiary/aromatic N) is 4. The first kappa shape index (κ1) is 22.8. The highest BCUT2D eigenvalue weighted by Gasteiger charge is 2.42. The number of aromatic nitrogens is 2. The first-order valence-corrected chi connectivity index (χ1v) is 9.12. The van der Waals surface area contributed by atoms with Gasteiger partial charge in [-0.1, -0.05) is 0 Å². The molecule has 0 aliphatic carbocycles. The lowest BCUT2D eigenvalue weighted by Gasteiger charge is -2.40. The SMILES string of the molecule is CCNC(=NCc1cn(C)nc1C(F)(F)F)N1CCCC2(CNC(=O)C2)C1.I. The maximum Gasteiger partial charge on any atom is 0.435 e. The second-order valence-corrected chi connectivity index (χ2v) is 7.32. The molecule has 2 aliphatic rings. The fourth-order valence-corrected chi connectivity index (χ4v) is 3.91. The predicted octanol–water partition coefficient (Wildman–Crippen LogP) is 2.12. The highest BCUT2D eigenvalue weighted by atomic mass is 127. The summed E-state index contributed by atoms with van der Waals surface area (Å²) in [6.07, 6.45) is -0.783. The average Bonchev–Trinajstić information content (AvgIpc) is 3.14. The van der Waals surface area contributed by atoms with Crippen molar-refractivity contribution in [1.29, 1.82) is 0 Å². The van der Waals surface area contributed by atoms with Crippen molar-refractivity contribution in [3.05, 3.63) is 17.5 Å². The standard InChI is InChI=1S/C17H25F3N6O.HI/c1-3-21-15(22-8-12-9-25(2)24-14(12)17(18,19)20)26-6-4-5-16(11-26)7-13(27)23-10-16;/h9H,3-8,10-11H2,1-2H3,(H,21,22)(H,23,27);1H. The van der Waals surface area contributed by atoms with Crippen LogP contribution >= 0.6 is 24.0 Å². The topological polar surface area (TPSA) is 74.6 Å². The number of amides is 1. The van der Waals surface area contributed by atoms with Gasteiger partial charge < -0.3 is 15.5 Å². The lowest BCUT2D eigenvalue weighted by Crippen LogP contribution is -2.51. The van der Waals surface area contributed by atoms with Crippen molar-refractivity contribution in [1.82, 2.24) is 25.3 Å². The number of aryl methyl sites for hydroxylation is 1. The summed E-state index contributed by atoms with van der Waals surface area (Å²) in [5.41, 5.74) is -0.966. The molecule has 1 spiro atoms. The van der Waals surface area contributed by atoms with Crippen molar-refractivity contribution in [3.8, 4) is 0 Å². The molecule has 3 heterocycles. The molecule has 3 rings (SSSR count). The van der Waals surface area contributed by atoms with Crippen LogP contribution in [0.3, 0.4) is 0 Å². The van der Waals surface area contributed by atoms with Gasteiger partial charge in [0.1, 0.15) is 0 Å². The Hall–Kier alpha value is -1.53. The van der Waals surface area contributed by atoms with Crippen LogP contribution in [0.4, 0.5) is 13.2 Å². The largest absolute Gasteiger partial charge is 0.435 e. The molecule has 2 aliphatic heterocycles. The summed E-state index contributed by atoms with van der Waals surface area (Å²) >= 11 is 0. The molecule has 1 atom stereocenters. The van der Waals surface area contributed by atoms with Crippen molar-refractivity contribution in [2.45, 2.75) is 38.9 Å². The van der Waals surface area contributed by atoms with Gasteiger partial charge in [0, 0.05) is 56.8 Å². The van der Waals surface area contributed by atoms with Crippen molar-refractivity contribution in [2.24, 2.45) is 17.5 Å². The van der Waals surface area contributed by atoms with E-state index < -0.39 is 11.9 Å². The number of alkyl halides is 3. The number of hydrogen-bond donors (Lipinski definition) is 2. The first-order valence-electron chi connectivity index (χ1n) is 9.12. The summed E-state index contributed by atoms with van der Waals surface area (Å²) in [5, 5.41) is 9.59. The van der Waals surface area contributed by atoms with Gasteiger partial charge in [-0.3, -0.25) is 9.48 Å². The molecular weight excluding hydrogens is 488 g/mol. The molecule has 2 saturated heterocycles. The Balaban J connectivity index is 0.00000280. The molecule has 158 valence electrons. The molecule has 11 heteroatoms. The van der Waals surface area contributed by atoms with E-state index in [1.807, 2.05) is 6.92 Å². The third-order valence-corrected chi connectivity index (χ3v) is 5.06. The van der Waals surface area contributed by atoms with E-state index in [4.69, 9.17) is 0 Å². The molecule has 28 heavy (non-hydrogen) atoms. The molecule has 1 aromatic heterocycles. The van der Waals surface area contributed by atoms with E-state index in [1.165, 1.54) is 13.2 Å². The average molecular weight is 514 g/mol. The van der Waals surface area contributed by atoms with Crippen molar-refractivity contribution in [3.63, 3.8) is 0 Å². The lowest BCUT2D eigenvalue weighted by molar-refractivity contribution is -0.142. The minimum atomic E-state index is -4.50. The van der Waals surface area contributed by atoms with Gasteiger partial charge in [0.05, 0.1) is 6.54 Å². The molecular formula is C17H26F3IN6O. The Morgan fingerprint density at radius 3 is 2.82 bits per heavy atom. The molecule has 1 amide bonds. The molecule has 0 bridgehead atoms. The van der Waals surface area contributed by atoms with Crippen LogP contribution in [0, 0.1) is 5.41 Å². The van der Waals surface area contributed by atoms with Crippen LogP contribution in [-0.2, 0) is 24.6 Å². The van der Waals surface area contributed by atoms with Gasteiger partial charge in [0.2, 0.25) is 5.91 Å². The summed E-state index contributed by atoms with van der Waals surface area (Å²) in [7, 11) is 1.46. The van der Waals surface area contributed by atoms with Crippen LogP contribution < -0.4 is 10.6 Å². The minimum absolute atomic E-state index is 0. The number of piperidine rings is 1. The van der Waals surface area contributed by atoms with Crippen LogP contribution in [0.25, 0.3) is 0 Å². The summed E-state index contributed by atoms with van der Waals surface area (Å²) in [6.45, 7) is 4.49. The second-order valence-electron chi connectivity index (χ2n) is 7.32. The number of carbonyl (C=O) groups excluding carboxylic acids is 1. The zero-order valence-corrected chi connectivity index (χ0v) is 18.3. The Bertz CT molecular complexity index is 735. The van der Waals surface area contributed by atoms with Crippen molar-refractivity contribution >= 4 is 35.8 Å². The van der Waals surface area contributed by atoms with Gasteiger partial charge in [-0.15, -0.1) is 24.0 Å². The first-order chi connectivity index (χ1) is 12.7. The highest BCUT2D eigenvalue weighted by Crippen LogP contribution is 2.36. The van der Waals surface area contributed by atoms with E-state index in [-0.39, 0.29) is 47.4 Å². The quantitative estimate of drug-likeness (QED) is 0.369. The number of rotatable bonds is 3. The lowest BCUT2D eigenvalue weighted by atomic mass is 9.79. The molecule has 1 aromatic rings. The summed E-state index contributed by atoms with van der Waals surface area (Å²) in [5.74, 6) is 0.636. The number of nitrogens with one attached hydrogen (secondary N) is 2. The summed E-state index contributed by atoms with van der Waals surface area (Å²) in [6, 6.07) is 0. The Labute approximate surface area is 179 Å². The molecule has 0 aromatic carbocycles. The Kier molecular flexibility index (Phi) is 7.21. The van der Waals surface area contributed by atoms with E-state index in [0.717, 1.165) is 24.1 Å². The number of halogens is 4. The molecule has 7 nitrogen and oxygen atoms in total. The normalized spacial score (nSPS) is 23.0. The zero-order chi connectivity index (χ0) is 19.7. The Morgan fingerprint density at radius 2 is 2.21 bits per heavy atom. The minimum Gasteiger partial charge on any atom is -0.357 e. The van der Waals surface area contributed by atoms with Gasteiger partial charge in [-0.2, -0.15) is 18.3 Å². The van der Waals surface area contributed by atoms with Crippen LogP contribution in [0.1, 0.15) is 37.4 Å². The molecule has 2 fully saturated rings. The van der Waals surface area contributed by atoms with E-state index >= 15 is 0 Å². The second kappa shape index (κ2) is 8.87. The van der Waals surface area contributed by atoms with Crippen LogP contribution in [0.2, 0.25) is 0 Å². The molecule has 0 saturated carbocycles. The third kappa shape index (κ3) is 5.09. The van der Waals surface area contributed by atoms with Gasteiger partial charge in [0.25, 0.3) is 0 Å². The molecule has 0 radical (unpaired) electrons. The van der Waals surface area contributed by atoms with Crippen LogP contribution in [0.15, 0.2) is 11.2 Å². The van der Waals surface area contributed by atoms with E-state index in [2.05, 4.69) is 25.6 Å². The van der Waals surface area contributed by atoms with Gasteiger partial charge in [0.15, 0.2) is 11.7 Å².